The van der Waals surface area contributed by atoms with Gasteiger partial charge in [-0.05, 0) is 29.8 Å². The van der Waals surface area contributed by atoms with Gasteiger partial charge in [-0.15, -0.1) is 0 Å². The number of hydrogen-bond acceptors (Lipinski definition) is 4. The molecule has 1 aromatic heterocycles. The summed E-state index contributed by atoms with van der Waals surface area (Å²) in [4.78, 5) is 16.4. The Morgan fingerprint density at radius 3 is 2.74 bits per heavy atom. The molecule has 4 nitrogen and oxygen atoms in total. The van der Waals surface area contributed by atoms with E-state index in [1.54, 1.807) is 12.1 Å². The van der Waals surface area contributed by atoms with Gasteiger partial charge in [0.25, 0.3) is 5.56 Å². The zero-order valence-corrected chi connectivity index (χ0v) is 14.0. The minimum absolute atomic E-state index is 0.190. The Kier molecular flexibility index (Phi) is 4.36. The number of nitrogens with two attached hydrogens (primary N) is 1. The molecule has 0 radical (unpaired) electrons. The van der Waals surface area contributed by atoms with Crippen LogP contribution in [0.25, 0.3) is 10.9 Å². The third-order valence-corrected chi connectivity index (χ3v) is 4.70. The first-order chi connectivity index (χ1) is 11.0. The number of benzene rings is 2. The van der Waals surface area contributed by atoms with Crippen LogP contribution in [0.2, 0.25) is 0 Å². The predicted octanol–water partition coefficient (Wildman–Crippen LogP) is 3.44. The van der Waals surface area contributed by atoms with E-state index in [-0.39, 0.29) is 27.6 Å². The zero-order chi connectivity index (χ0) is 16.6. The zero-order valence-electron chi connectivity index (χ0n) is 11.6. The fourth-order valence-electron chi connectivity index (χ4n) is 2.03. The summed E-state index contributed by atoms with van der Waals surface area (Å²) in [6.07, 6.45) is 0. The number of aromatic nitrogens is 2. The smallest absolute Gasteiger partial charge is 0.280 e. The van der Waals surface area contributed by atoms with E-state index in [0.29, 0.717) is 10.0 Å². The molecule has 3 rings (SSSR count). The monoisotopic (exact) mass is 397 g/mol. The van der Waals surface area contributed by atoms with E-state index in [0.717, 1.165) is 16.4 Å². The molecule has 0 atom stereocenters. The molecule has 0 aliphatic carbocycles. The first-order valence-corrected chi connectivity index (χ1v) is 8.27. The van der Waals surface area contributed by atoms with Gasteiger partial charge in [0.15, 0.2) is 5.16 Å². The van der Waals surface area contributed by atoms with Crippen molar-refractivity contribution < 1.29 is 8.78 Å². The van der Waals surface area contributed by atoms with Crippen LogP contribution in [-0.4, -0.2) is 9.66 Å². The number of thioether (sulfide) groups is 1. The molecule has 0 saturated heterocycles. The van der Waals surface area contributed by atoms with E-state index >= 15 is 0 Å². The van der Waals surface area contributed by atoms with Crippen molar-refractivity contribution in [2.24, 2.45) is 0 Å². The Morgan fingerprint density at radius 2 is 2.00 bits per heavy atom. The van der Waals surface area contributed by atoms with Crippen molar-refractivity contribution >= 4 is 38.6 Å². The maximum Gasteiger partial charge on any atom is 0.280 e. The topological polar surface area (TPSA) is 60.9 Å². The lowest BCUT2D eigenvalue weighted by Gasteiger charge is -2.09. The molecule has 3 aromatic rings. The van der Waals surface area contributed by atoms with Crippen molar-refractivity contribution in [1.29, 1.82) is 0 Å². The third kappa shape index (κ3) is 3.23. The van der Waals surface area contributed by atoms with Crippen LogP contribution in [0.4, 0.5) is 8.78 Å². The first kappa shape index (κ1) is 15.9. The highest BCUT2D eigenvalue weighted by molar-refractivity contribution is 9.10. The second-order valence-electron chi connectivity index (χ2n) is 4.76. The van der Waals surface area contributed by atoms with Gasteiger partial charge in [0.2, 0.25) is 0 Å². The molecular weight excluding hydrogens is 388 g/mol. The van der Waals surface area contributed by atoms with E-state index in [9.17, 15) is 13.6 Å². The molecule has 0 aliphatic rings. The number of nitrogen functional groups attached to an aromatic ring is 1. The van der Waals surface area contributed by atoms with Crippen LogP contribution in [0.3, 0.4) is 0 Å². The van der Waals surface area contributed by atoms with Crippen LogP contribution < -0.4 is 11.4 Å². The molecule has 0 bridgehead atoms. The lowest BCUT2D eigenvalue weighted by molar-refractivity contribution is 0.616. The summed E-state index contributed by atoms with van der Waals surface area (Å²) in [7, 11) is 0. The fourth-order valence-corrected chi connectivity index (χ4v) is 3.27. The molecule has 8 heteroatoms. The molecule has 0 fully saturated rings. The van der Waals surface area contributed by atoms with Crippen LogP contribution >= 0.6 is 27.7 Å². The molecule has 118 valence electrons. The standard InChI is InChI=1S/C15H10BrF2N3OS/c16-9-2-1-8(12(18)5-9)7-23-15-20-13-6-10(17)3-4-11(13)14(22)21(15)19/h1-6H,7,19H2. The Morgan fingerprint density at radius 1 is 1.22 bits per heavy atom. The van der Waals surface area contributed by atoms with Gasteiger partial charge in [0, 0.05) is 16.3 Å². The highest BCUT2D eigenvalue weighted by atomic mass is 79.9. The summed E-state index contributed by atoms with van der Waals surface area (Å²) < 4.78 is 28.7. The quantitative estimate of drug-likeness (QED) is 0.417. The molecule has 23 heavy (non-hydrogen) atoms. The third-order valence-electron chi connectivity index (χ3n) is 3.20. The maximum atomic E-state index is 13.8. The lowest BCUT2D eigenvalue weighted by atomic mass is 10.2. The van der Waals surface area contributed by atoms with Gasteiger partial charge in [0.05, 0.1) is 10.9 Å². The lowest BCUT2D eigenvalue weighted by Crippen LogP contribution is -2.29. The summed E-state index contributed by atoms with van der Waals surface area (Å²) >= 11 is 4.29. The van der Waals surface area contributed by atoms with Gasteiger partial charge in [0.1, 0.15) is 11.6 Å². The Balaban J connectivity index is 1.96. The van der Waals surface area contributed by atoms with Gasteiger partial charge in [-0.25, -0.2) is 18.4 Å². The summed E-state index contributed by atoms with van der Waals surface area (Å²) in [6, 6.07) is 8.39. The van der Waals surface area contributed by atoms with Crippen molar-refractivity contribution in [1.82, 2.24) is 9.66 Å². The van der Waals surface area contributed by atoms with Gasteiger partial charge >= 0.3 is 0 Å². The highest BCUT2D eigenvalue weighted by Crippen LogP contribution is 2.24. The Hall–Kier alpha value is -1.93. The van der Waals surface area contributed by atoms with E-state index in [1.807, 2.05) is 0 Å². The fraction of sp³-hybridized carbons (Fsp3) is 0.0667. The van der Waals surface area contributed by atoms with Crippen molar-refractivity contribution in [3.05, 3.63) is 68.4 Å². The summed E-state index contributed by atoms with van der Waals surface area (Å²) in [5.74, 6) is 5.12. The van der Waals surface area contributed by atoms with E-state index < -0.39 is 11.4 Å². The summed E-state index contributed by atoms with van der Waals surface area (Å²) in [5, 5.41) is 0.420. The van der Waals surface area contributed by atoms with Crippen molar-refractivity contribution in [3.8, 4) is 0 Å². The second kappa shape index (κ2) is 6.29. The summed E-state index contributed by atoms with van der Waals surface area (Å²) in [5.41, 5.74) is 0.191. The Bertz CT molecular complexity index is 961. The van der Waals surface area contributed by atoms with E-state index in [2.05, 4.69) is 20.9 Å². The van der Waals surface area contributed by atoms with Crippen LogP contribution in [-0.2, 0) is 5.75 Å². The van der Waals surface area contributed by atoms with Crippen LogP contribution in [0.15, 0.2) is 50.8 Å². The van der Waals surface area contributed by atoms with Crippen molar-refractivity contribution in [2.75, 3.05) is 5.84 Å². The van der Waals surface area contributed by atoms with Gasteiger partial charge < -0.3 is 5.84 Å². The molecule has 0 amide bonds. The molecule has 0 aliphatic heterocycles. The molecule has 2 N–H and O–H groups in total. The molecule has 1 heterocycles. The average Bonchev–Trinajstić information content (AvgIpc) is 2.50. The maximum absolute atomic E-state index is 13.8. The number of nitrogens with zero attached hydrogens (tertiary/aromatic N) is 2. The van der Waals surface area contributed by atoms with Gasteiger partial charge in [-0.1, -0.05) is 33.8 Å². The van der Waals surface area contributed by atoms with Gasteiger partial charge in [-0.3, -0.25) is 4.79 Å². The second-order valence-corrected chi connectivity index (χ2v) is 6.61. The molecule has 2 aromatic carbocycles. The largest absolute Gasteiger partial charge is 0.334 e. The minimum atomic E-state index is -0.492. The van der Waals surface area contributed by atoms with E-state index in [4.69, 9.17) is 5.84 Å². The Labute approximate surface area is 142 Å². The van der Waals surface area contributed by atoms with Gasteiger partial charge in [-0.2, -0.15) is 0 Å². The molecule has 0 saturated carbocycles. The van der Waals surface area contributed by atoms with Crippen molar-refractivity contribution in [3.63, 3.8) is 0 Å². The molecular formula is C15H10BrF2N3OS. The SMILES string of the molecule is Nn1c(SCc2ccc(Br)cc2F)nc2cc(F)ccc2c1=O. The minimum Gasteiger partial charge on any atom is -0.334 e. The van der Waals surface area contributed by atoms with Crippen LogP contribution in [0.5, 0.6) is 0 Å². The van der Waals surface area contributed by atoms with E-state index in [1.165, 1.54) is 24.3 Å². The molecule has 0 unspecified atom stereocenters. The normalized spacial score (nSPS) is 11.1. The number of rotatable bonds is 3. The number of hydrogen-bond donors (Lipinski definition) is 1. The summed E-state index contributed by atoms with van der Waals surface area (Å²) in [6.45, 7) is 0. The highest BCUT2D eigenvalue weighted by Gasteiger charge is 2.12. The van der Waals surface area contributed by atoms with Crippen molar-refractivity contribution in [2.45, 2.75) is 10.9 Å². The molecule has 0 spiro atoms. The average molecular weight is 398 g/mol. The number of halogens is 3. The number of fused-ring (bicyclic) bond motifs is 1. The first-order valence-electron chi connectivity index (χ1n) is 6.50. The predicted molar refractivity (Wildman–Crippen MR) is 89.8 cm³/mol. The van der Waals surface area contributed by atoms with Crippen LogP contribution in [0, 0.1) is 11.6 Å². The van der Waals surface area contributed by atoms with Crippen LogP contribution in [0.1, 0.15) is 5.56 Å².